The second kappa shape index (κ2) is 5.74. The van der Waals surface area contributed by atoms with Gasteiger partial charge in [-0.1, -0.05) is 29.8 Å². The zero-order chi connectivity index (χ0) is 14.8. The maximum atomic E-state index is 12.4. The topological polar surface area (TPSA) is 51.2 Å². The zero-order valence-electron chi connectivity index (χ0n) is 11.6. The number of pyridine rings is 1. The summed E-state index contributed by atoms with van der Waals surface area (Å²) in [6.45, 7) is 2.21. The summed E-state index contributed by atoms with van der Waals surface area (Å²) in [5.74, 6) is 0.609. The number of anilines is 1. The Morgan fingerprint density at radius 1 is 1.33 bits per heavy atom. The minimum absolute atomic E-state index is 0.0586. The van der Waals surface area contributed by atoms with E-state index >= 15 is 0 Å². The number of halogens is 1. The number of amides is 1. The van der Waals surface area contributed by atoms with E-state index in [9.17, 15) is 4.79 Å². The monoisotopic (exact) mass is 302 g/mol. The molecule has 1 atom stereocenters. The Morgan fingerprint density at radius 3 is 2.95 bits per heavy atom. The van der Waals surface area contributed by atoms with Crippen molar-refractivity contribution < 1.29 is 9.53 Å². The van der Waals surface area contributed by atoms with Crippen molar-refractivity contribution in [2.75, 3.05) is 11.9 Å². The summed E-state index contributed by atoms with van der Waals surface area (Å²) in [6, 6.07) is 11.2. The summed E-state index contributed by atoms with van der Waals surface area (Å²) in [5.41, 5.74) is 2.45. The van der Waals surface area contributed by atoms with E-state index in [-0.39, 0.29) is 11.8 Å². The van der Waals surface area contributed by atoms with E-state index in [1.165, 1.54) is 0 Å². The van der Waals surface area contributed by atoms with Gasteiger partial charge in [0.15, 0.2) is 0 Å². The highest BCUT2D eigenvalue weighted by molar-refractivity contribution is 6.29. The van der Waals surface area contributed by atoms with Crippen LogP contribution in [0.5, 0.6) is 5.75 Å². The van der Waals surface area contributed by atoms with Gasteiger partial charge < -0.3 is 10.1 Å². The zero-order valence-corrected chi connectivity index (χ0v) is 12.4. The van der Waals surface area contributed by atoms with Crippen LogP contribution in [-0.2, 0) is 11.2 Å². The van der Waals surface area contributed by atoms with Gasteiger partial charge in [0, 0.05) is 0 Å². The number of fused-ring (bicyclic) bond motifs is 1. The van der Waals surface area contributed by atoms with Crippen molar-refractivity contribution in [1.82, 2.24) is 4.98 Å². The largest absolute Gasteiger partial charge is 0.492 e. The lowest BCUT2D eigenvalue weighted by molar-refractivity contribution is -0.121. The van der Waals surface area contributed by atoms with Crippen LogP contribution < -0.4 is 10.1 Å². The van der Waals surface area contributed by atoms with Crippen LogP contribution in [0.3, 0.4) is 0 Å². The van der Waals surface area contributed by atoms with E-state index < -0.39 is 0 Å². The van der Waals surface area contributed by atoms with Gasteiger partial charge in [-0.25, -0.2) is 4.98 Å². The molecule has 5 heteroatoms. The number of hydrogen-bond donors (Lipinski definition) is 1. The number of hydrogen-bond acceptors (Lipinski definition) is 3. The Morgan fingerprint density at radius 2 is 2.14 bits per heavy atom. The molecule has 21 heavy (non-hydrogen) atoms. The van der Waals surface area contributed by atoms with Crippen LogP contribution >= 0.6 is 11.6 Å². The number of aryl methyl sites for hydroxylation is 1. The van der Waals surface area contributed by atoms with Gasteiger partial charge in [-0.15, -0.1) is 0 Å². The Kier molecular flexibility index (Phi) is 3.80. The second-order valence-corrected chi connectivity index (χ2v) is 5.46. The van der Waals surface area contributed by atoms with Crippen molar-refractivity contribution in [2.24, 2.45) is 5.92 Å². The molecule has 1 aromatic heterocycles. The summed E-state index contributed by atoms with van der Waals surface area (Å²) in [4.78, 5) is 16.5. The lowest BCUT2D eigenvalue weighted by Crippen LogP contribution is -2.32. The van der Waals surface area contributed by atoms with Crippen molar-refractivity contribution >= 4 is 23.2 Å². The highest BCUT2D eigenvalue weighted by Crippen LogP contribution is 2.27. The van der Waals surface area contributed by atoms with Crippen LogP contribution in [0.1, 0.15) is 11.3 Å². The Bertz CT molecular complexity index is 688. The Labute approximate surface area is 128 Å². The number of benzene rings is 1. The molecule has 3 rings (SSSR count). The number of nitrogens with zero attached hydrogens (tertiary/aromatic N) is 1. The van der Waals surface area contributed by atoms with Gasteiger partial charge >= 0.3 is 0 Å². The molecule has 4 nitrogen and oxygen atoms in total. The molecule has 0 saturated carbocycles. The number of rotatable bonds is 2. The summed E-state index contributed by atoms with van der Waals surface area (Å²) in [7, 11) is 0. The van der Waals surface area contributed by atoms with Crippen molar-refractivity contribution in [3.63, 3.8) is 0 Å². The minimum Gasteiger partial charge on any atom is -0.492 e. The highest BCUT2D eigenvalue weighted by atomic mass is 35.5. The number of carbonyl (C=O) groups excluding carboxylic acids is 1. The van der Waals surface area contributed by atoms with E-state index in [0.717, 1.165) is 11.3 Å². The molecule has 1 N–H and O–H groups in total. The van der Waals surface area contributed by atoms with Crippen LogP contribution in [-0.4, -0.2) is 17.5 Å². The molecule has 1 amide bonds. The molecule has 2 heterocycles. The predicted molar refractivity (Wildman–Crippen MR) is 81.7 cm³/mol. The molecular formula is C16H15ClN2O2. The van der Waals surface area contributed by atoms with Gasteiger partial charge in [-0.2, -0.15) is 0 Å². The van der Waals surface area contributed by atoms with E-state index in [4.69, 9.17) is 16.3 Å². The normalized spacial score (nSPS) is 16.8. The minimum atomic E-state index is -0.199. The molecular weight excluding hydrogens is 288 g/mol. The highest BCUT2D eigenvalue weighted by Gasteiger charge is 2.26. The first-order valence-corrected chi connectivity index (χ1v) is 7.16. The Hall–Kier alpha value is -2.07. The van der Waals surface area contributed by atoms with E-state index in [1.807, 2.05) is 31.2 Å². The third-order valence-electron chi connectivity index (χ3n) is 3.56. The van der Waals surface area contributed by atoms with Crippen LogP contribution in [0.25, 0.3) is 0 Å². The molecule has 108 valence electrons. The van der Waals surface area contributed by atoms with Gasteiger partial charge in [0.05, 0.1) is 17.3 Å². The number of carbonyl (C=O) groups is 1. The number of ether oxygens (including phenoxy) is 1. The van der Waals surface area contributed by atoms with Crippen LogP contribution in [0.4, 0.5) is 5.69 Å². The first-order chi connectivity index (χ1) is 10.1. The third kappa shape index (κ3) is 3.00. The fourth-order valence-corrected chi connectivity index (χ4v) is 2.58. The molecule has 0 saturated heterocycles. The van der Waals surface area contributed by atoms with Crippen molar-refractivity contribution in [3.8, 4) is 5.75 Å². The SMILES string of the molecule is Cc1nc(Cl)ccc1NC(=O)C1COc2ccccc2C1. The molecule has 0 fully saturated rings. The number of para-hydroxylation sites is 1. The average Bonchev–Trinajstić information content (AvgIpc) is 2.49. The molecule has 2 aromatic rings. The van der Waals surface area contributed by atoms with Gasteiger partial charge in [0.2, 0.25) is 5.91 Å². The van der Waals surface area contributed by atoms with Gasteiger partial charge in [-0.05, 0) is 37.1 Å². The fourth-order valence-electron chi connectivity index (χ4n) is 2.39. The predicted octanol–water partition coefficient (Wildman–Crippen LogP) is 3.23. The van der Waals surface area contributed by atoms with Gasteiger partial charge in [-0.3, -0.25) is 4.79 Å². The smallest absolute Gasteiger partial charge is 0.231 e. The Balaban J connectivity index is 1.72. The molecule has 1 aliphatic rings. The van der Waals surface area contributed by atoms with E-state index in [1.54, 1.807) is 12.1 Å². The number of aromatic nitrogens is 1. The molecule has 0 bridgehead atoms. The molecule has 1 unspecified atom stereocenters. The molecule has 1 aromatic carbocycles. The summed E-state index contributed by atoms with van der Waals surface area (Å²) in [6.07, 6.45) is 0.683. The van der Waals surface area contributed by atoms with E-state index in [0.29, 0.717) is 29.6 Å². The van der Waals surface area contributed by atoms with Crippen LogP contribution in [0.15, 0.2) is 36.4 Å². The van der Waals surface area contributed by atoms with Crippen LogP contribution in [0, 0.1) is 12.8 Å². The molecule has 0 radical (unpaired) electrons. The first-order valence-electron chi connectivity index (χ1n) is 6.78. The fraction of sp³-hybridized carbons (Fsp3) is 0.250. The van der Waals surface area contributed by atoms with Crippen molar-refractivity contribution in [1.29, 1.82) is 0 Å². The quantitative estimate of drug-likeness (QED) is 0.867. The third-order valence-corrected chi connectivity index (χ3v) is 3.77. The molecule has 0 aliphatic carbocycles. The van der Waals surface area contributed by atoms with Crippen molar-refractivity contribution in [3.05, 3.63) is 52.8 Å². The lowest BCUT2D eigenvalue weighted by atomic mass is 9.96. The van der Waals surface area contributed by atoms with Gasteiger partial charge in [0.1, 0.15) is 17.5 Å². The average molecular weight is 303 g/mol. The first kappa shape index (κ1) is 13.9. The van der Waals surface area contributed by atoms with Crippen molar-refractivity contribution in [2.45, 2.75) is 13.3 Å². The maximum absolute atomic E-state index is 12.4. The number of nitrogens with one attached hydrogen (secondary N) is 1. The molecule has 1 aliphatic heterocycles. The maximum Gasteiger partial charge on any atom is 0.231 e. The van der Waals surface area contributed by atoms with Gasteiger partial charge in [0.25, 0.3) is 0 Å². The van der Waals surface area contributed by atoms with E-state index in [2.05, 4.69) is 10.3 Å². The standard InChI is InChI=1S/C16H15ClN2O2/c1-10-13(6-7-15(17)18-10)19-16(20)12-8-11-4-2-3-5-14(11)21-9-12/h2-7,12H,8-9H2,1H3,(H,19,20). The molecule has 0 spiro atoms. The summed E-state index contributed by atoms with van der Waals surface area (Å²) in [5, 5.41) is 3.31. The van der Waals surface area contributed by atoms with Crippen LogP contribution in [0.2, 0.25) is 5.15 Å². The summed E-state index contributed by atoms with van der Waals surface area (Å²) < 4.78 is 5.65. The second-order valence-electron chi connectivity index (χ2n) is 5.08. The summed E-state index contributed by atoms with van der Waals surface area (Å²) >= 11 is 5.81. The lowest BCUT2D eigenvalue weighted by Gasteiger charge is -2.24.